The van der Waals surface area contributed by atoms with E-state index in [-0.39, 0.29) is 5.69 Å². The first-order valence-corrected chi connectivity index (χ1v) is 10.2. The van der Waals surface area contributed by atoms with Crippen LogP contribution < -0.4 is 0 Å². The third-order valence-corrected chi connectivity index (χ3v) is 6.26. The lowest BCUT2D eigenvalue weighted by molar-refractivity contribution is -0.384. The Bertz CT molecular complexity index is 1270. The second-order valence-corrected chi connectivity index (χ2v) is 8.52. The van der Waals surface area contributed by atoms with Gasteiger partial charge in [-0.2, -0.15) is 5.26 Å². The Balaban J connectivity index is 1.61. The number of nitro groups is 1. The fourth-order valence-corrected chi connectivity index (χ4v) is 4.76. The number of thioether (sulfide) groups is 1. The molecule has 0 atom stereocenters. The van der Waals surface area contributed by atoms with Crippen LogP contribution in [0.25, 0.3) is 27.6 Å². The fraction of sp³-hybridized carbons (Fsp3) is 0. The molecule has 4 aromatic rings. The summed E-state index contributed by atoms with van der Waals surface area (Å²) in [6.07, 6.45) is 1.60. The molecule has 142 valence electrons. The number of allylic oxidation sites excluding steroid dienone is 1. The van der Waals surface area contributed by atoms with Crippen LogP contribution in [0.15, 0.2) is 68.3 Å². The summed E-state index contributed by atoms with van der Waals surface area (Å²) in [5.74, 6) is 0.819. The standard InChI is InChI=1S/C20H10ClN3O3S2/c21-16-7-5-12(24(25)26)9-15(16)18-8-6-13(27-18)10-14(11-22)28-20-23-17-3-1-2-4-19(17)29-20/h1-10H. The van der Waals surface area contributed by atoms with Crippen LogP contribution in [0.5, 0.6) is 0 Å². The average molecular weight is 440 g/mol. The van der Waals surface area contributed by atoms with E-state index in [1.54, 1.807) is 18.2 Å². The number of non-ortho nitro benzene ring substituents is 1. The molecule has 0 radical (unpaired) electrons. The quantitative estimate of drug-likeness (QED) is 0.147. The molecule has 2 aromatic heterocycles. The van der Waals surface area contributed by atoms with Crippen LogP contribution >= 0.6 is 34.7 Å². The van der Waals surface area contributed by atoms with Gasteiger partial charge < -0.3 is 4.42 Å². The van der Waals surface area contributed by atoms with Crippen LogP contribution in [-0.4, -0.2) is 9.91 Å². The van der Waals surface area contributed by atoms with Crippen molar-refractivity contribution in [1.82, 2.24) is 4.98 Å². The van der Waals surface area contributed by atoms with Crippen LogP contribution in [0.2, 0.25) is 5.02 Å². The molecule has 0 aliphatic rings. The largest absolute Gasteiger partial charge is 0.457 e. The maximum atomic E-state index is 11.0. The number of hydrogen-bond acceptors (Lipinski definition) is 7. The summed E-state index contributed by atoms with van der Waals surface area (Å²) in [6, 6.07) is 17.4. The van der Waals surface area contributed by atoms with Gasteiger partial charge in [0.1, 0.15) is 17.6 Å². The van der Waals surface area contributed by atoms with Gasteiger partial charge in [-0.25, -0.2) is 4.98 Å². The summed E-state index contributed by atoms with van der Waals surface area (Å²) in [5.41, 5.74) is 1.22. The molecule has 0 amide bonds. The van der Waals surface area contributed by atoms with E-state index in [9.17, 15) is 15.4 Å². The van der Waals surface area contributed by atoms with Crippen molar-refractivity contribution < 1.29 is 9.34 Å². The number of thiazole rings is 1. The van der Waals surface area contributed by atoms with Gasteiger partial charge in [-0.05, 0) is 42.1 Å². The molecule has 0 unspecified atom stereocenters. The molecule has 0 N–H and O–H groups in total. The lowest BCUT2D eigenvalue weighted by Crippen LogP contribution is -1.88. The Morgan fingerprint density at radius 2 is 2.10 bits per heavy atom. The van der Waals surface area contributed by atoms with E-state index in [2.05, 4.69) is 11.1 Å². The van der Waals surface area contributed by atoms with Gasteiger partial charge in [-0.1, -0.05) is 23.7 Å². The second kappa shape index (κ2) is 8.09. The molecule has 0 aliphatic carbocycles. The molecule has 6 nitrogen and oxygen atoms in total. The number of fused-ring (bicyclic) bond motifs is 1. The Kier molecular flexibility index (Phi) is 5.36. The van der Waals surface area contributed by atoms with Crippen molar-refractivity contribution in [3.63, 3.8) is 0 Å². The normalized spacial score (nSPS) is 11.5. The van der Waals surface area contributed by atoms with E-state index >= 15 is 0 Å². The number of nitro benzene ring substituents is 1. The topological polar surface area (TPSA) is 93.0 Å². The number of halogens is 1. The average Bonchev–Trinajstić information content (AvgIpc) is 3.34. The van der Waals surface area contributed by atoms with Crippen LogP contribution in [0.1, 0.15) is 5.76 Å². The van der Waals surface area contributed by atoms with Crippen molar-refractivity contribution >= 4 is 56.7 Å². The number of hydrogen-bond donors (Lipinski definition) is 0. The summed E-state index contributed by atoms with van der Waals surface area (Å²) in [4.78, 5) is 15.4. The second-order valence-electron chi connectivity index (χ2n) is 5.79. The van der Waals surface area contributed by atoms with E-state index < -0.39 is 4.92 Å². The monoisotopic (exact) mass is 439 g/mol. The molecular weight excluding hydrogens is 430 g/mol. The lowest BCUT2D eigenvalue weighted by atomic mass is 10.1. The number of rotatable bonds is 5. The molecule has 0 bridgehead atoms. The van der Waals surface area contributed by atoms with Crippen molar-refractivity contribution in [2.24, 2.45) is 0 Å². The van der Waals surface area contributed by atoms with Crippen LogP contribution in [-0.2, 0) is 0 Å². The summed E-state index contributed by atoms with van der Waals surface area (Å²) in [5, 5.41) is 20.8. The van der Waals surface area contributed by atoms with Crippen LogP contribution in [0.4, 0.5) is 5.69 Å². The van der Waals surface area contributed by atoms with Gasteiger partial charge in [0.2, 0.25) is 0 Å². The zero-order valence-corrected chi connectivity index (χ0v) is 16.9. The van der Waals surface area contributed by atoms with Crippen molar-refractivity contribution in [3.8, 4) is 17.4 Å². The van der Waals surface area contributed by atoms with E-state index in [0.29, 0.717) is 27.0 Å². The zero-order chi connectivity index (χ0) is 20.4. The zero-order valence-electron chi connectivity index (χ0n) is 14.5. The number of nitrogens with zero attached hydrogens (tertiary/aromatic N) is 3. The number of benzene rings is 2. The number of aromatic nitrogens is 1. The van der Waals surface area contributed by atoms with Gasteiger partial charge >= 0.3 is 0 Å². The first-order chi connectivity index (χ1) is 14.0. The fourth-order valence-electron chi connectivity index (χ4n) is 2.59. The molecule has 0 spiro atoms. The van der Waals surface area contributed by atoms with Crippen molar-refractivity contribution in [1.29, 1.82) is 5.26 Å². The predicted molar refractivity (Wildman–Crippen MR) is 115 cm³/mol. The lowest BCUT2D eigenvalue weighted by Gasteiger charge is -2.00. The van der Waals surface area contributed by atoms with Crippen LogP contribution in [0, 0.1) is 21.4 Å². The van der Waals surface area contributed by atoms with Crippen molar-refractivity contribution in [2.75, 3.05) is 0 Å². The molecule has 9 heteroatoms. The molecule has 2 heterocycles. The SMILES string of the molecule is N#CC(=Cc1ccc(-c2cc([N+](=O)[O-])ccc2Cl)o1)Sc1nc2ccccc2s1. The minimum atomic E-state index is -0.494. The molecule has 0 fully saturated rings. The molecule has 4 rings (SSSR count). The van der Waals surface area contributed by atoms with Gasteiger partial charge in [0, 0.05) is 23.8 Å². The number of para-hydroxylation sites is 1. The number of furan rings is 1. The third-order valence-electron chi connectivity index (χ3n) is 3.91. The van der Waals surface area contributed by atoms with Gasteiger partial charge in [0.05, 0.1) is 25.1 Å². The molecule has 0 aliphatic heterocycles. The molecule has 29 heavy (non-hydrogen) atoms. The van der Waals surface area contributed by atoms with Gasteiger partial charge in [-0.15, -0.1) is 11.3 Å². The minimum absolute atomic E-state index is 0.0815. The molecular formula is C20H10ClN3O3S2. The summed E-state index contributed by atoms with van der Waals surface area (Å²) in [7, 11) is 0. The molecule has 0 saturated carbocycles. The summed E-state index contributed by atoms with van der Waals surface area (Å²) < 4.78 is 7.56. The van der Waals surface area contributed by atoms with Crippen LogP contribution in [0.3, 0.4) is 0 Å². The Morgan fingerprint density at radius 1 is 1.28 bits per heavy atom. The number of nitriles is 1. The molecule has 2 aromatic carbocycles. The van der Waals surface area contributed by atoms with E-state index in [4.69, 9.17) is 16.0 Å². The van der Waals surface area contributed by atoms with E-state index in [0.717, 1.165) is 14.6 Å². The minimum Gasteiger partial charge on any atom is -0.457 e. The van der Waals surface area contributed by atoms with Crippen molar-refractivity contribution in [3.05, 3.63) is 80.4 Å². The van der Waals surface area contributed by atoms with E-state index in [1.165, 1.54) is 41.3 Å². The first kappa shape index (κ1) is 19.2. The van der Waals surface area contributed by atoms with Crippen molar-refractivity contribution in [2.45, 2.75) is 4.34 Å². The Labute approximate surface area is 178 Å². The summed E-state index contributed by atoms with van der Waals surface area (Å²) >= 11 is 8.93. The highest BCUT2D eigenvalue weighted by Crippen LogP contribution is 2.36. The third kappa shape index (κ3) is 4.17. The first-order valence-electron chi connectivity index (χ1n) is 8.23. The predicted octanol–water partition coefficient (Wildman–Crippen LogP) is 6.77. The Morgan fingerprint density at radius 3 is 2.86 bits per heavy atom. The maximum absolute atomic E-state index is 11.0. The maximum Gasteiger partial charge on any atom is 0.270 e. The highest BCUT2D eigenvalue weighted by atomic mass is 35.5. The summed E-state index contributed by atoms with van der Waals surface area (Å²) in [6.45, 7) is 0. The van der Waals surface area contributed by atoms with Gasteiger partial charge in [0.15, 0.2) is 4.34 Å². The smallest absolute Gasteiger partial charge is 0.270 e. The molecule has 0 saturated heterocycles. The van der Waals surface area contributed by atoms with E-state index in [1.807, 2.05) is 24.3 Å². The Hall–Kier alpha value is -3.12. The van der Waals surface area contributed by atoms with Gasteiger partial charge in [-0.3, -0.25) is 10.1 Å². The highest BCUT2D eigenvalue weighted by Gasteiger charge is 2.15. The van der Waals surface area contributed by atoms with Gasteiger partial charge in [0.25, 0.3) is 5.69 Å². The highest BCUT2D eigenvalue weighted by molar-refractivity contribution is 8.05.